The van der Waals surface area contributed by atoms with Gasteiger partial charge in [0, 0.05) is 6.04 Å². The maximum atomic E-state index is 12.2. The van der Waals surface area contributed by atoms with E-state index in [4.69, 9.17) is 4.74 Å². The van der Waals surface area contributed by atoms with Crippen LogP contribution < -0.4 is 5.32 Å². The van der Waals surface area contributed by atoms with Crippen molar-refractivity contribution in [3.63, 3.8) is 0 Å². The molecule has 0 aromatic heterocycles. The Hall–Kier alpha value is -1.35. The van der Waals surface area contributed by atoms with Gasteiger partial charge in [0.2, 0.25) is 0 Å². The lowest BCUT2D eigenvalue weighted by Crippen LogP contribution is -2.51. The maximum absolute atomic E-state index is 12.2. The van der Waals surface area contributed by atoms with E-state index in [0.29, 0.717) is 0 Å². The zero-order valence-electron chi connectivity index (χ0n) is 11.9. The van der Waals surface area contributed by atoms with Crippen LogP contribution in [0, 0.1) is 6.92 Å². The quantitative estimate of drug-likeness (QED) is 0.815. The van der Waals surface area contributed by atoms with Crippen molar-refractivity contribution < 1.29 is 9.53 Å². The van der Waals surface area contributed by atoms with E-state index in [9.17, 15) is 4.79 Å². The average Bonchev–Trinajstić information content (AvgIpc) is 2.37. The fourth-order valence-electron chi connectivity index (χ4n) is 2.18. The Balaban J connectivity index is 3.20. The van der Waals surface area contributed by atoms with Crippen molar-refractivity contribution in [2.45, 2.75) is 45.7 Å². The molecular formula is C15H23NO2. The molecule has 2 unspecified atom stereocenters. The zero-order valence-corrected chi connectivity index (χ0v) is 11.9. The van der Waals surface area contributed by atoms with Gasteiger partial charge < -0.3 is 4.74 Å². The summed E-state index contributed by atoms with van der Waals surface area (Å²) >= 11 is 0. The molecule has 0 saturated carbocycles. The lowest BCUT2D eigenvalue weighted by Gasteiger charge is -2.32. The van der Waals surface area contributed by atoms with Crippen LogP contribution in [0.1, 0.15) is 38.3 Å². The minimum absolute atomic E-state index is 0.244. The lowest BCUT2D eigenvalue weighted by molar-refractivity contribution is -0.148. The summed E-state index contributed by atoms with van der Waals surface area (Å²) in [6, 6.07) is 8.15. The molecule has 3 nitrogen and oxygen atoms in total. The van der Waals surface area contributed by atoms with E-state index in [1.54, 1.807) is 0 Å². The molecule has 18 heavy (non-hydrogen) atoms. The van der Waals surface area contributed by atoms with Gasteiger partial charge in [-0.2, -0.15) is 0 Å². The third-order valence-electron chi connectivity index (χ3n) is 3.42. The second-order valence-electron chi connectivity index (χ2n) is 4.89. The fraction of sp³-hybridized carbons (Fsp3) is 0.533. The van der Waals surface area contributed by atoms with E-state index in [1.807, 2.05) is 38.1 Å². The molecule has 3 heteroatoms. The number of carbonyl (C=O) groups excluding carboxylic acids is 1. The SMILES string of the molecule is CCC(C)NC(C)(C(=O)OC)c1ccccc1C. The summed E-state index contributed by atoms with van der Waals surface area (Å²) < 4.78 is 4.97. The highest BCUT2D eigenvalue weighted by Crippen LogP contribution is 2.26. The van der Waals surface area contributed by atoms with Gasteiger partial charge in [-0.25, -0.2) is 4.79 Å². The summed E-state index contributed by atoms with van der Waals surface area (Å²) in [5.41, 5.74) is 1.26. The zero-order chi connectivity index (χ0) is 13.8. The molecule has 0 saturated heterocycles. The van der Waals surface area contributed by atoms with Crippen molar-refractivity contribution >= 4 is 5.97 Å². The lowest BCUT2D eigenvalue weighted by atomic mass is 9.87. The molecule has 100 valence electrons. The first kappa shape index (κ1) is 14.7. The molecule has 0 heterocycles. The molecule has 0 aliphatic rings. The van der Waals surface area contributed by atoms with Crippen LogP contribution in [0.3, 0.4) is 0 Å². The first-order valence-corrected chi connectivity index (χ1v) is 6.38. The molecular weight excluding hydrogens is 226 g/mol. The second kappa shape index (κ2) is 6.01. The number of hydrogen-bond acceptors (Lipinski definition) is 3. The van der Waals surface area contributed by atoms with Gasteiger partial charge in [0.1, 0.15) is 5.54 Å². The molecule has 1 rings (SSSR count). The van der Waals surface area contributed by atoms with Crippen molar-refractivity contribution in [1.29, 1.82) is 0 Å². The molecule has 1 aromatic carbocycles. The van der Waals surface area contributed by atoms with E-state index in [1.165, 1.54) is 7.11 Å². The van der Waals surface area contributed by atoms with Crippen LogP contribution in [0.25, 0.3) is 0 Å². The van der Waals surface area contributed by atoms with E-state index in [2.05, 4.69) is 19.2 Å². The van der Waals surface area contributed by atoms with Crippen LogP contribution in [0.2, 0.25) is 0 Å². The van der Waals surface area contributed by atoms with Crippen molar-refractivity contribution in [1.82, 2.24) is 5.32 Å². The number of carbonyl (C=O) groups is 1. The minimum atomic E-state index is -0.796. The van der Waals surface area contributed by atoms with Crippen LogP contribution >= 0.6 is 0 Å². The van der Waals surface area contributed by atoms with Gasteiger partial charge in [-0.1, -0.05) is 31.2 Å². The van der Waals surface area contributed by atoms with Gasteiger partial charge >= 0.3 is 5.97 Å². The maximum Gasteiger partial charge on any atom is 0.330 e. The molecule has 0 radical (unpaired) electrons. The molecule has 0 spiro atoms. The predicted molar refractivity (Wildman–Crippen MR) is 73.4 cm³/mol. The number of aryl methyl sites for hydroxylation is 1. The van der Waals surface area contributed by atoms with Crippen molar-refractivity contribution in [3.8, 4) is 0 Å². The summed E-state index contributed by atoms with van der Waals surface area (Å²) in [7, 11) is 1.43. The molecule has 0 fully saturated rings. The molecule has 0 aliphatic carbocycles. The number of hydrogen-bond donors (Lipinski definition) is 1. The molecule has 1 aromatic rings. The van der Waals surface area contributed by atoms with Crippen LogP contribution in [0.4, 0.5) is 0 Å². The first-order chi connectivity index (χ1) is 8.45. The Morgan fingerprint density at radius 3 is 2.56 bits per heavy atom. The van der Waals surface area contributed by atoms with Gasteiger partial charge in [0.25, 0.3) is 0 Å². The summed E-state index contributed by atoms with van der Waals surface area (Å²) in [5.74, 6) is -0.253. The highest BCUT2D eigenvalue weighted by Gasteiger charge is 2.38. The standard InChI is InChI=1S/C15H23NO2/c1-6-12(3)16-15(4,14(17)18-5)13-10-8-7-9-11(13)2/h7-10,12,16H,6H2,1-5H3. The minimum Gasteiger partial charge on any atom is -0.467 e. The van der Waals surface area contributed by atoms with E-state index >= 15 is 0 Å². The number of benzene rings is 1. The van der Waals surface area contributed by atoms with E-state index in [-0.39, 0.29) is 12.0 Å². The van der Waals surface area contributed by atoms with Crippen LogP contribution in [-0.4, -0.2) is 19.1 Å². The predicted octanol–water partition coefficient (Wildman–Crippen LogP) is 2.77. The van der Waals surface area contributed by atoms with Gasteiger partial charge in [-0.05, 0) is 38.3 Å². The molecule has 0 amide bonds. The Kier molecular flexibility index (Phi) is 4.91. The summed E-state index contributed by atoms with van der Waals surface area (Å²) in [6.07, 6.45) is 0.957. The number of nitrogens with one attached hydrogen (secondary N) is 1. The number of rotatable bonds is 5. The molecule has 1 N–H and O–H groups in total. The van der Waals surface area contributed by atoms with Crippen molar-refractivity contribution in [2.75, 3.05) is 7.11 Å². The Morgan fingerprint density at radius 2 is 2.06 bits per heavy atom. The summed E-state index contributed by atoms with van der Waals surface area (Å²) in [5, 5.41) is 3.38. The van der Waals surface area contributed by atoms with Crippen LogP contribution in [0.15, 0.2) is 24.3 Å². The highest BCUT2D eigenvalue weighted by molar-refractivity contribution is 5.82. The molecule has 0 bridgehead atoms. The highest BCUT2D eigenvalue weighted by atomic mass is 16.5. The number of esters is 1. The normalized spacial score (nSPS) is 15.8. The van der Waals surface area contributed by atoms with Crippen LogP contribution in [-0.2, 0) is 15.1 Å². The smallest absolute Gasteiger partial charge is 0.330 e. The largest absolute Gasteiger partial charge is 0.467 e. The van der Waals surface area contributed by atoms with E-state index < -0.39 is 5.54 Å². The van der Waals surface area contributed by atoms with Gasteiger partial charge in [0.15, 0.2) is 0 Å². The number of methoxy groups -OCH3 is 1. The second-order valence-corrected chi connectivity index (χ2v) is 4.89. The molecule has 2 atom stereocenters. The van der Waals surface area contributed by atoms with Crippen molar-refractivity contribution in [3.05, 3.63) is 35.4 Å². The van der Waals surface area contributed by atoms with Gasteiger partial charge in [-0.15, -0.1) is 0 Å². The molecule has 0 aliphatic heterocycles. The Labute approximate surface area is 110 Å². The third-order valence-corrected chi connectivity index (χ3v) is 3.42. The summed E-state index contributed by atoms with van der Waals surface area (Å²) in [4.78, 5) is 12.2. The van der Waals surface area contributed by atoms with Crippen molar-refractivity contribution in [2.24, 2.45) is 0 Å². The number of ether oxygens (including phenoxy) is 1. The van der Waals surface area contributed by atoms with Gasteiger partial charge in [-0.3, -0.25) is 5.32 Å². The monoisotopic (exact) mass is 249 g/mol. The van der Waals surface area contributed by atoms with Crippen LogP contribution in [0.5, 0.6) is 0 Å². The van der Waals surface area contributed by atoms with Gasteiger partial charge in [0.05, 0.1) is 7.11 Å². The Bertz CT molecular complexity index is 417. The topological polar surface area (TPSA) is 38.3 Å². The summed E-state index contributed by atoms with van der Waals surface area (Å²) in [6.45, 7) is 8.05. The fourth-order valence-corrected chi connectivity index (χ4v) is 2.18. The average molecular weight is 249 g/mol. The Morgan fingerprint density at radius 1 is 1.44 bits per heavy atom. The third kappa shape index (κ3) is 2.91. The first-order valence-electron chi connectivity index (χ1n) is 6.38. The van der Waals surface area contributed by atoms with E-state index in [0.717, 1.165) is 17.5 Å².